The van der Waals surface area contributed by atoms with Gasteiger partial charge in [0.05, 0.1) is 4.34 Å². The molecule has 2 aliphatic rings. The van der Waals surface area contributed by atoms with Crippen LogP contribution < -0.4 is 0 Å². The molecule has 4 rings (SSSR count). The van der Waals surface area contributed by atoms with Crippen LogP contribution in [0.25, 0.3) is 10.4 Å². The Morgan fingerprint density at radius 2 is 1.79 bits per heavy atom. The van der Waals surface area contributed by atoms with Crippen LogP contribution in [-0.4, -0.2) is 11.6 Å². The number of thiophene rings is 1. The number of rotatable bonds is 3. The molecule has 0 aliphatic heterocycles. The van der Waals surface area contributed by atoms with E-state index in [4.69, 9.17) is 11.6 Å². The van der Waals surface area contributed by atoms with Crippen molar-refractivity contribution in [1.29, 1.82) is 0 Å². The molecule has 3 atom stereocenters. The predicted octanol–water partition coefficient (Wildman–Crippen LogP) is 5.28. The third kappa shape index (κ3) is 2.55. The quantitative estimate of drug-likeness (QED) is 0.699. The minimum atomic E-state index is -0.554. The number of halogens is 1. The molecule has 2 aromatic rings. The first-order chi connectivity index (χ1) is 11.6. The molecule has 24 heavy (non-hydrogen) atoms. The first kappa shape index (κ1) is 16.0. The van der Waals surface area contributed by atoms with Crippen molar-refractivity contribution in [2.24, 2.45) is 11.8 Å². The molecular weight excluding hydrogens is 340 g/mol. The Kier molecular flexibility index (Phi) is 4.09. The van der Waals surface area contributed by atoms with E-state index in [9.17, 15) is 9.59 Å². The number of aryl methyl sites for hydroxylation is 1. The van der Waals surface area contributed by atoms with Gasteiger partial charge < -0.3 is 0 Å². The summed E-state index contributed by atoms with van der Waals surface area (Å²) in [7, 11) is 0. The maximum absolute atomic E-state index is 12.9. The average molecular weight is 359 g/mol. The molecule has 2 bridgehead atoms. The van der Waals surface area contributed by atoms with Crippen LogP contribution in [0.1, 0.15) is 43.2 Å². The molecule has 0 spiro atoms. The van der Waals surface area contributed by atoms with E-state index in [2.05, 4.69) is 19.1 Å². The van der Waals surface area contributed by atoms with E-state index in [-0.39, 0.29) is 23.4 Å². The average Bonchev–Trinajstić information content (AvgIpc) is 3.21. The third-order valence-electron chi connectivity index (χ3n) is 5.50. The fourth-order valence-corrected chi connectivity index (χ4v) is 5.26. The van der Waals surface area contributed by atoms with Crippen LogP contribution in [0.2, 0.25) is 4.34 Å². The maximum Gasteiger partial charge on any atom is 0.150 e. The Morgan fingerprint density at radius 1 is 1.08 bits per heavy atom. The van der Waals surface area contributed by atoms with E-state index < -0.39 is 5.92 Å². The van der Waals surface area contributed by atoms with Crippen LogP contribution in [0.5, 0.6) is 0 Å². The fourth-order valence-electron chi connectivity index (χ4n) is 4.22. The number of ketones is 2. The lowest BCUT2D eigenvalue weighted by molar-refractivity contribution is -0.135. The lowest BCUT2D eigenvalue weighted by Crippen LogP contribution is -2.35. The number of hydrogen-bond donors (Lipinski definition) is 0. The minimum absolute atomic E-state index is 0.0854. The van der Waals surface area contributed by atoms with Gasteiger partial charge in [-0.05, 0) is 60.6 Å². The summed E-state index contributed by atoms with van der Waals surface area (Å²) in [6.45, 7) is 2.08. The maximum atomic E-state index is 12.9. The van der Waals surface area contributed by atoms with Crippen molar-refractivity contribution in [2.75, 3.05) is 0 Å². The first-order valence-electron chi connectivity index (χ1n) is 8.54. The van der Waals surface area contributed by atoms with Crippen LogP contribution in [0.15, 0.2) is 30.3 Å². The van der Waals surface area contributed by atoms with Crippen LogP contribution >= 0.6 is 22.9 Å². The molecule has 4 heteroatoms. The summed E-state index contributed by atoms with van der Waals surface area (Å²) in [4.78, 5) is 26.8. The van der Waals surface area contributed by atoms with Crippen molar-refractivity contribution in [3.63, 3.8) is 0 Å². The van der Waals surface area contributed by atoms with Crippen molar-refractivity contribution in [3.05, 3.63) is 45.8 Å². The third-order valence-corrected chi connectivity index (χ3v) is 6.78. The van der Waals surface area contributed by atoms with Crippen molar-refractivity contribution in [2.45, 2.75) is 38.5 Å². The number of fused-ring (bicyclic) bond motifs is 2. The van der Waals surface area contributed by atoms with Gasteiger partial charge in [0.15, 0.2) is 11.6 Å². The molecule has 0 saturated heterocycles. The number of benzene rings is 1. The second-order valence-electron chi connectivity index (χ2n) is 6.82. The van der Waals surface area contributed by atoms with Gasteiger partial charge in [-0.3, -0.25) is 9.59 Å². The summed E-state index contributed by atoms with van der Waals surface area (Å²) in [5, 5.41) is 0. The Bertz CT molecular complexity index is 801. The van der Waals surface area contributed by atoms with Gasteiger partial charge in [0.25, 0.3) is 0 Å². The van der Waals surface area contributed by atoms with Gasteiger partial charge in [-0.15, -0.1) is 11.3 Å². The molecular formula is C20H19ClO2S. The molecule has 0 radical (unpaired) electrons. The van der Waals surface area contributed by atoms with Gasteiger partial charge in [-0.1, -0.05) is 30.7 Å². The zero-order chi connectivity index (χ0) is 16.8. The molecule has 1 unspecified atom stereocenters. The molecule has 1 aromatic carbocycles. The fraction of sp³-hybridized carbons (Fsp3) is 0.400. The molecule has 2 fully saturated rings. The number of carbonyl (C=O) groups excluding carboxylic acids is 2. The first-order valence-corrected chi connectivity index (χ1v) is 9.74. The summed E-state index contributed by atoms with van der Waals surface area (Å²) >= 11 is 7.58. The Balaban J connectivity index is 1.81. The second kappa shape index (κ2) is 6.12. The van der Waals surface area contributed by atoms with E-state index in [0.29, 0.717) is 0 Å². The van der Waals surface area contributed by atoms with Crippen molar-refractivity contribution in [3.8, 4) is 10.4 Å². The van der Waals surface area contributed by atoms with E-state index in [1.165, 1.54) is 11.3 Å². The summed E-state index contributed by atoms with van der Waals surface area (Å²) in [5.74, 6) is -0.0966. The molecule has 2 aliphatic carbocycles. The summed E-state index contributed by atoms with van der Waals surface area (Å²) in [6, 6.07) is 10.1. The lowest BCUT2D eigenvalue weighted by Gasteiger charge is -2.27. The standard InChI is InChI=1S/C20H19ClO2S/c1-2-11-3-4-12(16-7-8-17(21)24-16)10-15(11)18-19(22)13-5-6-14(9-13)20(18)23/h3-4,7-8,10,13-14,18H,2,5-6,9H2,1H3/t13-,14+,18?. The van der Waals surface area contributed by atoms with Gasteiger partial charge in [0.1, 0.15) is 5.92 Å². The Hall–Kier alpha value is -1.45. The van der Waals surface area contributed by atoms with Crippen LogP contribution in [0.3, 0.4) is 0 Å². The van der Waals surface area contributed by atoms with E-state index in [1.54, 1.807) is 0 Å². The van der Waals surface area contributed by atoms with Crippen molar-refractivity contribution < 1.29 is 9.59 Å². The molecule has 2 saturated carbocycles. The minimum Gasteiger partial charge on any atom is -0.298 e. The van der Waals surface area contributed by atoms with Gasteiger partial charge in [-0.25, -0.2) is 0 Å². The number of Topliss-reactive ketones (excluding diaryl/α,β-unsaturated/α-hetero) is 2. The van der Waals surface area contributed by atoms with Crippen LogP contribution in [0, 0.1) is 11.8 Å². The van der Waals surface area contributed by atoms with Gasteiger partial charge in [0, 0.05) is 16.7 Å². The zero-order valence-corrected chi connectivity index (χ0v) is 15.1. The van der Waals surface area contributed by atoms with Crippen LogP contribution in [-0.2, 0) is 16.0 Å². The topological polar surface area (TPSA) is 34.1 Å². The van der Waals surface area contributed by atoms with Gasteiger partial charge >= 0.3 is 0 Å². The predicted molar refractivity (Wildman–Crippen MR) is 97.7 cm³/mol. The monoisotopic (exact) mass is 358 g/mol. The normalized spacial score (nSPS) is 26.2. The molecule has 0 N–H and O–H groups in total. The lowest BCUT2D eigenvalue weighted by atomic mass is 9.73. The number of hydrogen-bond acceptors (Lipinski definition) is 3. The molecule has 1 aromatic heterocycles. The Labute approximate surface area is 150 Å². The molecule has 0 amide bonds. The number of carbonyl (C=O) groups is 2. The zero-order valence-electron chi connectivity index (χ0n) is 13.5. The van der Waals surface area contributed by atoms with Crippen LogP contribution in [0.4, 0.5) is 0 Å². The highest BCUT2D eigenvalue weighted by Gasteiger charge is 2.47. The van der Waals surface area contributed by atoms with Crippen molar-refractivity contribution in [1.82, 2.24) is 0 Å². The van der Waals surface area contributed by atoms with Crippen molar-refractivity contribution >= 4 is 34.5 Å². The molecule has 124 valence electrons. The summed E-state index contributed by atoms with van der Waals surface area (Å²) in [5.41, 5.74) is 3.07. The highest BCUT2D eigenvalue weighted by Crippen LogP contribution is 2.45. The van der Waals surface area contributed by atoms with E-state index in [0.717, 1.165) is 51.6 Å². The summed E-state index contributed by atoms with van der Waals surface area (Å²) in [6.07, 6.45) is 3.36. The highest BCUT2D eigenvalue weighted by molar-refractivity contribution is 7.19. The molecule has 1 heterocycles. The smallest absolute Gasteiger partial charge is 0.150 e. The Morgan fingerprint density at radius 3 is 2.38 bits per heavy atom. The highest BCUT2D eigenvalue weighted by atomic mass is 35.5. The summed E-state index contributed by atoms with van der Waals surface area (Å²) < 4.78 is 0.744. The second-order valence-corrected chi connectivity index (χ2v) is 8.53. The van der Waals surface area contributed by atoms with E-state index in [1.807, 2.05) is 18.2 Å². The molecule has 2 nitrogen and oxygen atoms in total. The van der Waals surface area contributed by atoms with Gasteiger partial charge in [0.2, 0.25) is 0 Å². The largest absolute Gasteiger partial charge is 0.298 e. The SMILES string of the molecule is CCc1ccc(-c2ccc(Cl)s2)cc1C1C(=O)[C@@H]2CC[C@@H](C2)C1=O. The van der Waals surface area contributed by atoms with E-state index >= 15 is 0 Å². The van der Waals surface area contributed by atoms with Gasteiger partial charge in [-0.2, -0.15) is 0 Å².